The summed E-state index contributed by atoms with van der Waals surface area (Å²) in [6.45, 7) is 3.07. The van der Waals surface area contributed by atoms with Gasteiger partial charge >= 0.3 is 0 Å². The van der Waals surface area contributed by atoms with Crippen LogP contribution < -0.4 is 10.6 Å². The van der Waals surface area contributed by atoms with Gasteiger partial charge in [-0.3, -0.25) is 4.79 Å². The summed E-state index contributed by atoms with van der Waals surface area (Å²) in [6.07, 6.45) is 0.119. The number of rotatable bonds is 5. The number of fused-ring (bicyclic) bond motifs is 1. The van der Waals surface area contributed by atoms with Gasteiger partial charge in [-0.2, -0.15) is 4.98 Å². The van der Waals surface area contributed by atoms with Crippen molar-refractivity contribution in [3.63, 3.8) is 0 Å². The lowest BCUT2D eigenvalue weighted by Gasteiger charge is -2.34. The molecule has 2 aromatic rings. The summed E-state index contributed by atoms with van der Waals surface area (Å²) < 4.78 is 11.0. The zero-order chi connectivity index (χ0) is 16.2. The number of oxazole rings is 1. The van der Waals surface area contributed by atoms with Crippen LogP contribution in [0, 0.1) is 0 Å². The van der Waals surface area contributed by atoms with E-state index in [0.29, 0.717) is 45.2 Å². The summed E-state index contributed by atoms with van der Waals surface area (Å²) >= 11 is 0. The molecule has 0 radical (unpaired) electrons. The van der Waals surface area contributed by atoms with Crippen LogP contribution in [0.2, 0.25) is 0 Å². The summed E-state index contributed by atoms with van der Waals surface area (Å²) in [5.74, 6) is 0.0829. The number of anilines is 1. The van der Waals surface area contributed by atoms with E-state index in [4.69, 9.17) is 14.9 Å². The highest BCUT2D eigenvalue weighted by Crippen LogP contribution is 2.22. The lowest BCUT2D eigenvalue weighted by molar-refractivity contribution is -0.133. The molecule has 7 heteroatoms. The topological polar surface area (TPSA) is 84.8 Å². The number of piperazine rings is 1. The first-order valence-electron chi connectivity index (χ1n) is 7.82. The van der Waals surface area contributed by atoms with Crippen LogP contribution in [0.3, 0.4) is 0 Å². The first kappa shape index (κ1) is 15.8. The molecule has 1 fully saturated rings. The number of hydrogen-bond acceptors (Lipinski definition) is 6. The minimum absolute atomic E-state index is 0.0829. The second kappa shape index (κ2) is 6.97. The molecule has 1 aromatic carbocycles. The van der Waals surface area contributed by atoms with E-state index >= 15 is 0 Å². The maximum absolute atomic E-state index is 12.2. The highest BCUT2D eigenvalue weighted by molar-refractivity contribution is 5.77. The number of carbonyl (C=O) groups excluding carboxylic acids is 1. The van der Waals surface area contributed by atoms with Gasteiger partial charge in [-0.1, -0.05) is 12.1 Å². The molecule has 7 nitrogen and oxygen atoms in total. The summed E-state index contributed by atoms with van der Waals surface area (Å²) in [5, 5.41) is 0. The van der Waals surface area contributed by atoms with Gasteiger partial charge in [-0.15, -0.1) is 0 Å². The van der Waals surface area contributed by atoms with E-state index < -0.39 is 0 Å². The van der Waals surface area contributed by atoms with E-state index in [1.165, 1.54) is 0 Å². The van der Waals surface area contributed by atoms with Crippen molar-refractivity contribution >= 4 is 23.0 Å². The monoisotopic (exact) mass is 318 g/mol. The van der Waals surface area contributed by atoms with Gasteiger partial charge in [0.2, 0.25) is 5.91 Å². The van der Waals surface area contributed by atoms with Crippen LogP contribution in [-0.2, 0) is 9.53 Å². The van der Waals surface area contributed by atoms with Gasteiger partial charge in [-0.25, -0.2) is 0 Å². The molecule has 1 unspecified atom stereocenters. The largest absolute Gasteiger partial charge is 0.423 e. The number of methoxy groups -OCH3 is 1. The normalized spacial score (nSPS) is 16.8. The van der Waals surface area contributed by atoms with Crippen LogP contribution in [0.1, 0.15) is 6.42 Å². The molecule has 1 atom stereocenters. The Hall–Kier alpha value is -2.12. The number of nitrogens with two attached hydrogens (primary N) is 1. The van der Waals surface area contributed by atoms with Crippen molar-refractivity contribution in [2.24, 2.45) is 5.73 Å². The zero-order valence-corrected chi connectivity index (χ0v) is 13.3. The average molecular weight is 318 g/mol. The number of benzene rings is 1. The predicted octanol–water partition coefficient (Wildman–Crippen LogP) is 0.840. The minimum atomic E-state index is -0.211. The molecule has 0 spiro atoms. The fourth-order valence-corrected chi connectivity index (χ4v) is 2.73. The molecule has 124 valence electrons. The smallest absolute Gasteiger partial charge is 0.298 e. The standard InChI is InChI=1S/C16H22N4O3/c1-22-12(11-17)10-15(21)19-6-8-20(9-7-19)16-18-13-4-2-3-5-14(13)23-16/h2-5,12H,6-11,17H2,1H3. The number of ether oxygens (including phenoxy) is 1. The van der Waals surface area contributed by atoms with Gasteiger partial charge in [0.15, 0.2) is 5.58 Å². The Morgan fingerprint density at radius 2 is 2.09 bits per heavy atom. The molecule has 1 amide bonds. The highest BCUT2D eigenvalue weighted by Gasteiger charge is 2.25. The molecular formula is C16H22N4O3. The Morgan fingerprint density at radius 1 is 1.35 bits per heavy atom. The molecule has 1 aliphatic rings. The van der Waals surface area contributed by atoms with E-state index in [9.17, 15) is 4.79 Å². The van der Waals surface area contributed by atoms with Crippen molar-refractivity contribution in [1.82, 2.24) is 9.88 Å². The Kier molecular flexibility index (Phi) is 4.78. The Bertz CT molecular complexity index is 627. The van der Waals surface area contributed by atoms with Gasteiger partial charge in [-0.05, 0) is 12.1 Å². The third kappa shape index (κ3) is 3.46. The lowest BCUT2D eigenvalue weighted by atomic mass is 10.2. The summed E-state index contributed by atoms with van der Waals surface area (Å²) in [7, 11) is 1.58. The Labute approximate surface area is 135 Å². The Balaban J connectivity index is 1.58. The SMILES string of the molecule is COC(CN)CC(=O)N1CCN(c2nc3ccccc3o2)CC1. The number of amides is 1. The number of nitrogens with zero attached hydrogens (tertiary/aromatic N) is 3. The van der Waals surface area contributed by atoms with Crippen LogP contribution in [0.15, 0.2) is 28.7 Å². The van der Waals surface area contributed by atoms with Gasteiger partial charge in [0.25, 0.3) is 6.01 Å². The summed E-state index contributed by atoms with van der Waals surface area (Å²) in [6, 6.07) is 8.32. The van der Waals surface area contributed by atoms with Crippen molar-refractivity contribution in [2.75, 3.05) is 44.7 Å². The summed E-state index contributed by atoms with van der Waals surface area (Å²) in [5.41, 5.74) is 7.21. The molecule has 0 aliphatic carbocycles. The highest BCUT2D eigenvalue weighted by atomic mass is 16.5. The molecule has 0 saturated carbocycles. The molecule has 1 aliphatic heterocycles. The third-order valence-electron chi connectivity index (χ3n) is 4.18. The van der Waals surface area contributed by atoms with Crippen molar-refractivity contribution < 1.29 is 13.9 Å². The van der Waals surface area contributed by atoms with Crippen LogP contribution in [-0.4, -0.2) is 61.7 Å². The average Bonchev–Trinajstić information content (AvgIpc) is 3.03. The fourth-order valence-electron chi connectivity index (χ4n) is 2.73. The van der Waals surface area contributed by atoms with Crippen LogP contribution in [0.25, 0.3) is 11.1 Å². The van der Waals surface area contributed by atoms with Gasteiger partial charge in [0, 0.05) is 39.8 Å². The zero-order valence-electron chi connectivity index (χ0n) is 13.3. The van der Waals surface area contributed by atoms with Crippen LogP contribution in [0.5, 0.6) is 0 Å². The van der Waals surface area contributed by atoms with E-state index in [1.807, 2.05) is 29.2 Å². The van der Waals surface area contributed by atoms with Crippen molar-refractivity contribution in [3.8, 4) is 0 Å². The van der Waals surface area contributed by atoms with Gasteiger partial charge < -0.3 is 24.7 Å². The third-order valence-corrected chi connectivity index (χ3v) is 4.18. The minimum Gasteiger partial charge on any atom is -0.423 e. The number of para-hydroxylation sites is 2. The van der Waals surface area contributed by atoms with Crippen LogP contribution >= 0.6 is 0 Å². The van der Waals surface area contributed by atoms with E-state index in [-0.39, 0.29) is 12.0 Å². The predicted molar refractivity (Wildman–Crippen MR) is 87.3 cm³/mol. The first-order chi connectivity index (χ1) is 11.2. The lowest BCUT2D eigenvalue weighted by Crippen LogP contribution is -2.49. The Morgan fingerprint density at radius 3 is 2.74 bits per heavy atom. The molecule has 2 heterocycles. The molecule has 23 heavy (non-hydrogen) atoms. The second-order valence-corrected chi connectivity index (χ2v) is 5.63. The number of carbonyl (C=O) groups is 1. The molecule has 2 N–H and O–H groups in total. The van der Waals surface area contributed by atoms with Crippen molar-refractivity contribution in [2.45, 2.75) is 12.5 Å². The van der Waals surface area contributed by atoms with E-state index in [0.717, 1.165) is 11.1 Å². The quantitative estimate of drug-likeness (QED) is 0.879. The number of hydrogen-bond donors (Lipinski definition) is 1. The first-order valence-corrected chi connectivity index (χ1v) is 7.82. The molecular weight excluding hydrogens is 296 g/mol. The molecule has 1 aromatic heterocycles. The fraction of sp³-hybridized carbons (Fsp3) is 0.500. The maximum atomic E-state index is 12.2. The maximum Gasteiger partial charge on any atom is 0.298 e. The van der Waals surface area contributed by atoms with Crippen molar-refractivity contribution in [3.05, 3.63) is 24.3 Å². The van der Waals surface area contributed by atoms with Gasteiger partial charge in [0.05, 0.1) is 12.5 Å². The van der Waals surface area contributed by atoms with Crippen molar-refractivity contribution in [1.29, 1.82) is 0 Å². The summed E-state index contributed by atoms with van der Waals surface area (Å²) in [4.78, 5) is 20.7. The molecule has 1 saturated heterocycles. The molecule has 3 rings (SSSR count). The molecule has 0 bridgehead atoms. The van der Waals surface area contributed by atoms with E-state index in [1.54, 1.807) is 7.11 Å². The van der Waals surface area contributed by atoms with Crippen LogP contribution in [0.4, 0.5) is 6.01 Å². The van der Waals surface area contributed by atoms with Gasteiger partial charge in [0.1, 0.15) is 5.52 Å². The second-order valence-electron chi connectivity index (χ2n) is 5.63. The van der Waals surface area contributed by atoms with E-state index in [2.05, 4.69) is 9.88 Å². The number of aromatic nitrogens is 1.